The molecule has 0 aliphatic rings. The van der Waals surface area contributed by atoms with Gasteiger partial charge in [-0.15, -0.1) is 17.5 Å². The number of hydrogen-bond acceptors (Lipinski definition) is 1. The molecule has 1 aromatic carbocycles. The van der Waals surface area contributed by atoms with Crippen molar-refractivity contribution in [3.05, 3.63) is 42.6 Å². The van der Waals surface area contributed by atoms with Crippen molar-refractivity contribution in [2.24, 2.45) is 0 Å². The van der Waals surface area contributed by atoms with Gasteiger partial charge in [-0.1, -0.05) is 6.07 Å². The molecular formula is C9H6CsN. The first-order chi connectivity index (χ1) is 4.97. The van der Waals surface area contributed by atoms with Crippen LogP contribution in [0, 0.1) is 6.07 Å². The molecule has 0 saturated carbocycles. The number of benzene rings is 1. The van der Waals surface area contributed by atoms with E-state index in [4.69, 9.17) is 0 Å². The summed E-state index contributed by atoms with van der Waals surface area (Å²) in [6, 6.07) is 12.7. The molecule has 1 heterocycles. The van der Waals surface area contributed by atoms with Crippen molar-refractivity contribution in [3.8, 4) is 0 Å². The van der Waals surface area contributed by atoms with E-state index in [1.54, 1.807) is 6.20 Å². The monoisotopic (exact) mass is 261 g/mol. The zero-order valence-corrected chi connectivity index (χ0v) is 12.7. The Balaban J connectivity index is 0.000000605. The number of hydrogen-bond donors (Lipinski definition) is 0. The largest absolute Gasteiger partial charge is 1.00 e. The molecule has 0 aliphatic carbocycles. The minimum absolute atomic E-state index is 0. The van der Waals surface area contributed by atoms with Gasteiger partial charge in [0.2, 0.25) is 0 Å². The second-order valence-corrected chi connectivity index (χ2v) is 2.12. The molecule has 0 saturated heterocycles. The quantitative estimate of drug-likeness (QED) is 0.557. The molecule has 1 nitrogen and oxygen atoms in total. The van der Waals surface area contributed by atoms with E-state index in [0.29, 0.717) is 0 Å². The van der Waals surface area contributed by atoms with Crippen LogP contribution in [-0.4, -0.2) is 4.98 Å². The molecule has 0 fully saturated rings. The van der Waals surface area contributed by atoms with E-state index in [1.807, 2.05) is 30.3 Å². The van der Waals surface area contributed by atoms with Gasteiger partial charge in [-0.25, -0.2) is 0 Å². The van der Waals surface area contributed by atoms with Gasteiger partial charge in [-0.2, -0.15) is 18.2 Å². The smallest absolute Gasteiger partial charge is 0.283 e. The van der Waals surface area contributed by atoms with Crippen LogP contribution in [0.3, 0.4) is 0 Å². The minimum atomic E-state index is 0. The van der Waals surface area contributed by atoms with E-state index in [9.17, 15) is 0 Å². The maximum atomic E-state index is 4.16. The topological polar surface area (TPSA) is 12.9 Å². The summed E-state index contributed by atoms with van der Waals surface area (Å²) in [6.45, 7) is 0. The van der Waals surface area contributed by atoms with Crippen molar-refractivity contribution < 1.29 is 68.9 Å². The fraction of sp³-hybridized carbons (Fsp3) is 0. The van der Waals surface area contributed by atoms with E-state index in [1.165, 1.54) is 0 Å². The molecule has 0 unspecified atom stereocenters. The molecule has 2 rings (SSSR count). The molecular weight excluding hydrogens is 255 g/mol. The molecule has 11 heavy (non-hydrogen) atoms. The molecule has 0 aliphatic heterocycles. The minimum Gasteiger partial charge on any atom is -0.283 e. The fourth-order valence-electron chi connectivity index (χ4n) is 0.956. The van der Waals surface area contributed by atoms with Crippen LogP contribution in [0.5, 0.6) is 0 Å². The predicted molar refractivity (Wildman–Crippen MR) is 40.6 cm³/mol. The molecule has 0 bridgehead atoms. The second-order valence-electron chi connectivity index (χ2n) is 2.12. The first kappa shape index (κ1) is 9.77. The third-order valence-corrected chi connectivity index (χ3v) is 1.45. The third kappa shape index (κ3) is 2.31. The number of nitrogens with zero attached hydrogens (tertiary/aromatic N) is 1. The van der Waals surface area contributed by atoms with Gasteiger partial charge in [0.25, 0.3) is 0 Å². The molecule has 1 aromatic heterocycles. The van der Waals surface area contributed by atoms with Crippen molar-refractivity contribution in [2.75, 3.05) is 0 Å². The number of fused-ring (bicyclic) bond motifs is 1. The van der Waals surface area contributed by atoms with Crippen molar-refractivity contribution in [1.29, 1.82) is 0 Å². The van der Waals surface area contributed by atoms with Crippen LogP contribution < -0.4 is 68.9 Å². The van der Waals surface area contributed by atoms with Crippen molar-refractivity contribution in [1.82, 2.24) is 4.98 Å². The molecule has 0 spiro atoms. The summed E-state index contributed by atoms with van der Waals surface area (Å²) >= 11 is 0. The average Bonchev–Trinajstić information content (AvgIpc) is 2.05. The van der Waals surface area contributed by atoms with E-state index < -0.39 is 0 Å². The Hall–Kier alpha value is 0.682. The summed E-state index contributed by atoms with van der Waals surface area (Å²) < 4.78 is 0. The Kier molecular flexibility index (Phi) is 4.12. The maximum absolute atomic E-state index is 4.16. The summed E-state index contributed by atoms with van der Waals surface area (Å²) in [7, 11) is 0. The van der Waals surface area contributed by atoms with Gasteiger partial charge in [-0.05, 0) is 5.52 Å². The number of pyridine rings is 1. The summed E-state index contributed by atoms with van der Waals surface area (Å²) in [4.78, 5) is 4.16. The molecule has 0 amide bonds. The van der Waals surface area contributed by atoms with Crippen molar-refractivity contribution >= 4 is 10.9 Å². The Bertz CT molecular complexity index is 281. The van der Waals surface area contributed by atoms with Crippen molar-refractivity contribution in [2.45, 2.75) is 0 Å². The first-order valence-corrected chi connectivity index (χ1v) is 3.18. The Labute approximate surface area is 125 Å². The van der Waals surface area contributed by atoms with Crippen LogP contribution in [0.15, 0.2) is 36.5 Å². The van der Waals surface area contributed by atoms with Crippen LogP contribution in [-0.2, 0) is 0 Å². The van der Waals surface area contributed by atoms with E-state index in [2.05, 4.69) is 11.1 Å². The Morgan fingerprint density at radius 3 is 3.00 bits per heavy atom. The van der Waals surface area contributed by atoms with Gasteiger partial charge < -0.3 is 0 Å². The molecule has 2 heteroatoms. The number of rotatable bonds is 0. The van der Waals surface area contributed by atoms with Gasteiger partial charge in [0, 0.05) is 6.20 Å². The van der Waals surface area contributed by atoms with E-state index >= 15 is 0 Å². The molecule has 0 N–H and O–H groups in total. The van der Waals surface area contributed by atoms with E-state index in [0.717, 1.165) is 10.9 Å². The summed E-state index contributed by atoms with van der Waals surface area (Å²) in [6.07, 6.45) is 1.79. The maximum Gasteiger partial charge on any atom is 1.00 e. The van der Waals surface area contributed by atoms with Gasteiger partial charge >= 0.3 is 68.9 Å². The average molecular weight is 261 g/mol. The summed E-state index contributed by atoms with van der Waals surface area (Å²) in [5.41, 5.74) is 1.03. The van der Waals surface area contributed by atoms with Crippen LogP contribution in [0.2, 0.25) is 0 Å². The predicted octanol–water partition coefficient (Wildman–Crippen LogP) is -0.961. The Morgan fingerprint density at radius 1 is 1.27 bits per heavy atom. The standard InChI is InChI=1S/C9H6N.Cs/c1-2-6-9-8(4-1)5-3-7-10-9;/h2-7H;/q-1;+1. The van der Waals surface area contributed by atoms with E-state index in [-0.39, 0.29) is 68.9 Å². The summed E-state index contributed by atoms with van der Waals surface area (Å²) in [5.74, 6) is 0. The SMILES string of the molecule is [Cs+].[c-]1ccc2ncccc2c1. The van der Waals surface area contributed by atoms with Crippen LogP contribution in [0.1, 0.15) is 0 Å². The van der Waals surface area contributed by atoms with Crippen LogP contribution in [0.25, 0.3) is 10.9 Å². The van der Waals surface area contributed by atoms with Crippen LogP contribution >= 0.6 is 0 Å². The van der Waals surface area contributed by atoms with Gasteiger partial charge in [0.1, 0.15) is 0 Å². The fourth-order valence-corrected chi connectivity index (χ4v) is 0.956. The molecule has 0 atom stereocenters. The third-order valence-electron chi connectivity index (χ3n) is 1.45. The van der Waals surface area contributed by atoms with Gasteiger partial charge in [-0.3, -0.25) is 4.98 Å². The summed E-state index contributed by atoms with van der Waals surface area (Å²) in [5, 5.41) is 1.14. The second kappa shape index (κ2) is 4.65. The van der Waals surface area contributed by atoms with Crippen LogP contribution in [0.4, 0.5) is 0 Å². The zero-order chi connectivity index (χ0) is 6.81. The number of aromatic nitrogens is 1. The van der Waals surface area contributed by atoms with Crippen molar-refractivity contribution in [3.63, 3.8) is 0 Å². The first-order valence-electron chi connectivity index (χ1n) is 3.18. The normalized spacial score (nSPS) is 9.09. The molecule has 0 radical (unpaired) electrons. The zero-order valence-electron chi connectivity index (χ0n) is 6.41. The molecule has 48 valence electrons. The van der Waals surface area contributed by atoms with Gasteiger partial charge in [0.05, 0.1) is 0 Å². The van der Waals surface area contributed by atoms with Gasteiger partial charge in [0.15, 0.2) is 0 Å². The Morgan fingerprint density at radius 2 is 2.18 bits per heavy atom. The molecule has 2 aromatic rings.